The molecule has 0 bridgehead atoms. The number of rotatable bonds is 6. The highest BCUT2D eigenvalue weighted by molar-refractivity contribution is 7.98. The van der Waals surface area contributed by atoms with E-state index in [1.165, 1.54) is 23.9 Å². The smallest absolute Gasteiger partial charge is 0.315 e. The molecular formula is C17H27FN2O2S. The maximum atomic E-state index is 13.5. The molecule has 6 heteroatoms. The average molecular weight is 342 g/mol. The van der Waals surface area contributed by atoms with Gasteiger partial charge < -0.3 is 15.7 Å². The molecule has 1 aromatic rings. The summed E-state index contributed by atoms with van der Waals surface area (Å²) in [6.45, 7) is 7.77. The summed E-state index contributed by atoms with van der Waals surface area (Å²) < 4.78 is 13.5. The van der Waals surface area contributed by atoms with E-state index in [4.69, 9.17) is 0 Å². The zero-order valence-corrected chi connectivity index (χ0v) is 15.3. The van der Waals surface area contributed by atoms with Gasteiger partial charge in [0.05, 0.1) is 11.6 Å². The monoisotopic (exact) mass is 342 g/mol. The van der Waals surface area contributed by atoms with Crippen LogP contribution in [0, 0.1) is 11.2 Å². The van der Waals surface area contributed by atoms with Crippen molar-refractivity contribution in [3.8, 4) is 0 Å². The van der Waals surface area contributed by atoms with E-state index in [0.717, 1.165) is 0 Å². The lowest BCUT2D eigenvalue weighted by atomic mass is 9.82. The van der Waals surface area contributed by atoms with Gasteiger partial charge in [-0.15, -0.1) is 0 Å². The Labute approximate surface area is 142 Å². The van der Waals surface area contributed by atoms with E-state index in [9.17, 15) is 14.3 Å². The fourth-order valence-electron chi connectivity index (χ4n) is 2.30. The molecule has 3 N–H and O–H groups in total. The number of hydrogen-bond donors (Lipinski definition) is 3. The normalized spacial score (nSPS) is 15.6. The molecule has 1 rings (SSSR count). The Morgan fingerprint density at radius 3 is 2.52 bits per heavy atom. The van der Waals surface area contributed by atoms with Crippen molar-refractivity contribution < 1.29 is 14.3 Å². The minimum Gasteiger partial charge on any atom is -0.387 e. The first-order valence-electron chi connectivity index (χ1n) is 7.56. The molecular weight excluding hydrogens is 315 g/mol. The molecule has 2 unspecified atom stereocenters. The van der Waals surface area contributed by atoms with Crippen molar-refractivity contribution in [3.63, 3.8) is 0 Å². The molecule has 0 heterocycles. The van der Waals surface area contributed by atoms with Gasteiger partial charge in [-0.1, -0.05) is 32.9 Å². The maximum absolute atomic E-state index is 13.5. The average Bonchev–Trinajstić information content (AvgIpc) is 2.41. The molecule has 0 aromatic heterocycles. The topological polar surface area (TPSA) is 61.4 Å². The zero-order chi connectivity index (χ0) is 17.7. The highest BCUT2D eigenvalue weighted by Crippen LogP contribution is 2.32. The van der Waals surface area contributed by atoms with E-state index in [1.54, 1.807) is 19.1 Å². The number of thioether (sulfide) groups is 1. The van der Waals surface area contributed by atoms with Gasteiger partial charge >= 0.3 is 6.03 Å². The van der Waals surface area contributed by atoms with Crippen LogP contribution in [0.1, 0.15) is 39.3 Å². The highest BCUT2D eigenvalue weighted by atomic mass is 32.2. The van der Waals surface area contributed by atoms with Gasteiger partial charge in [0.1, 0.15) is 5.82 Å². The molecule has 23 heavy (non-hydrogen) atoms. The van der Waals surface area contributed by atoms with Crippen molar-refractivity contribution in [2.45, 2.75) is 39.3 Å². The Hall–Kier alpha value is -1.27. The molecule has 4 nitrogen and oxygen atoms in total. The molecule has 0 spiro atoms. The van der Waals surface area contributed by atoms with Crippen LogP contribution >= 0.6 is 11.8 Å². The van der Waals surface area contributed by atoms with Crippen LogP contribution in [-0.4, -0.2) is 35.3 Å². The Morgan fingerprint density at radius 1 is 1.35 bits per heavy atom. The lowest BCUT2D eigenvalue weighted by Crippen LogP contribution is -2.48. The summed E-state index contributed by atoms with van der Waals surface area (Å²) >= 11 is 1.51. The van der Waals surface area contributed by atoms with Gasteiger partial charge in [-0.3, -0.25) is 0 Å². The second kappa shape index (κ2) is 8.02. The van der Waals surface area contributed by atoms with Gasteiger partial charge in [0, 0.05) is 12.3 Å². The van der Waals surface area contributed by atoms with Crippen LogP contribution < -0.4 is 10.6 Å². The Kier molecular flexibility index (Phi) is 6.89. The van der Waals surface area contributed by atoms with Crippen LogP contribution in [0.4, 0.5) is 9.18 Å². The minimum atomic E-state index is -0.965. The summed E-state index contributed by atoms with van der Waals surface area (Å²) in [5.41, 5.74) is -0.539. The van der Waals surface area contributed by atoms with Gasteiger partial charge in [-0.05, 0) is 36.3 Å². The summed E-state index contributed by atoms with van der Waals surface area (Å²) in [7, 11) is 0. The van der Waals surface area contributed by atoms with E-state index < -0.39 is 5.60 Å². The summed E-state index contributed by atoms with van der Waals surface area (Å²) in [6, 6.07) is 5.51. The number of benzene rings is 1. The Morgan fingerprint density at radius 2 is 2.00 bits per heavy atom. The molecule has 1 aromatic carbocycles. The second-order valence-corrected chi connectivity index (χ2v) is 7.98. The molecule has 0 fully saturated rings. The first-order valence-corrected chi connectivity index (χ1v) is 8.96. The first kappa shape index (κ1) is 19.8. The second-order valence-electron chi connectivity index (χ2n) is 7.11. The van der Waals surface area contributed by atoms with Crippen LogP contribution in [0.25, 0.3) is 0 Å². The number of aliphatic hydroxyl groups is 1. The van der Waals surface area contributed by atoms with Crippen molar-refractivity contribution in [2.24, 2.45) is 5.41 Å². The molecule has 2 amide bonds. The van der Waals surface area contributed by atoms with Crippen LogP contribution in [0.3, 0.4) is 0 Å². The van der Waals surface area contributed by atoms with E-state index in [1.807, 2.05) is 27.0 Å². The predicted octanol–water partition coefficient (Wildman–Crippen LogP) is 3.33. The standard InChI is InChI=1S/C17H27FN2O2S/c1-16(2,3)14(12-7-6-8-13(18)9-12)20-15(21)19-10-17(4,22)11-23-5/h6-9,14,22H,10-11H2,1-5H3,(H2,19,20,21). The van der Waals surface area contributed by atoms with E-state index in [2.05, 4.69) is 10.6 Å². The van der Waals surface area contributed by atoms with Crippen LogP contribution in [0.2, 0.25) is 0 Å². The van der Waals surface area contributed by atoms with Gasteiger partial charge in [0.15, 0.2) is 0 Å². The Balaban J connectivity index is 2.77. The summed E-state index contributed by atoms with van der Waals surface area (Å²) in [4.78, 5) is 12.2. The van der Waals surface area contributed by atoms with Gasteiger partial charge in [-0.25, -0.2) is 9.18 Å². The summed E-state index contributed by atoms with van der Waals surface area (Å²) in [6.07, 6.45) is 1.90. The van der Waals surface area contributed by atoms with Crippen LogP contribution in [0.5, 0.6) is 0 Å². The predicted molar refractivity (Wildman–Crippen MR) is 94.1 cm³/mol. The van der Waals surface area contributed by atoms with Crippen LogP contribution in [-0.2, 0) is 0 Å². The quantitative estimate of drug-likeness (QED) is 0.743. The number of carbonyl (C=O) groups excluding carboxylic acids is 1. The maximum Gasteiger partial charge on any atom is 0.315 e. The third-order valence-corrected chi connectivity index (χ3v) is 4.32. The Bertz CT molecular complexity index is 530. The summed E-state index contributed by atoms with van der Waals surface area (Å²) in [5.74, 6) is 0.196. The zero-order valence-electron chi connectivity index (χ0n) is 14.4. The number of halogens is 1. The van der Waals surface area contributed by atoms with Crippen molar-refractivity contribution in [1.82, 2.24) is 10.6 Å². The molecule has 2 atom stereocenters. The highest BCUT2D eigenvalue weighted by Gasteiger charge is 2.29. The number of amides is 2. The minimum absolute atomic E-state index is 0.152. The number of nitrogens with one attached hydrogen (secondary N) is 2. The fourth-order valence-corrected chi connectivity index (χ4v) is 3.02. The lowest BCUT2D eigenvalue weighted by molar-refractivity contribution is 0.0864. The van der Waals surface area contributed by atoms with E-state index in [-0.39, 0.29) is 29.8 Å². The molecule has 0 aliphatic heterocycles. The summed E-state index contributed by atoms with van der Waals surface area (Å²) in [5, 5.41) is 15.7. The fraction of sp³-hybridized carbons (Fsp3) is 0.588. The third-order valence-electron chi connectivity index (χ3n) is 3.41. The number of hydrogen-bond acceptors (Lipinski definition) is 3. The molecule has 130 valence electrons. The largest absolute Gasteiger partial charge is 0.387 e. The van der Waals surface area contributed by atoms with Gasteiger partial charge in [0.25, 0.3) is 0 Å². The van der Waals surface area contributed by atoms with Gasteiger partial charge in [-0.2, -0.15) is 11.8 Å². The number of carbonyl (C=O) groups is 1. The third kappa shape index (κ3) is 6.79. The number of urea groups is 1. The first-order chi connectivity index (χ1) is 10.5. The van der Waals surface area contributed by atoms with E-state index >= 15 is 0 Å². The van der Waals surface area contributed by atoms with Gasteiger partial charge in [0.2, 0.25) is 0 Å². The molecule has 0 saturated carbocycles. The van der Waals surface area contributed by atoms with Crippen molar-refractivity contribution in [2.75, 3.05) is 18.6 Å². The lowest BCUT2D eigenvalue weighted by Gasteiger charge is -2.32. The SMILES string of the molecule is CSCC(C)(O)CNC(=O)NC(c1cccc(F)c1)C(C)(C)C. The molecule has 0 radical (unpaired) electrons. The van der Waals surface area contributed by atoms with Crippen LogP contribution in [0.15, 0.2) is 24.3 Å². The van der Waals surface area contributed by atoms with Crippen molar-refractivity contribution in [3.05, 3.63) is 35.6 Å². The molecule has 0 aliphatic rings. The van der Waals surface area contributed by atoms with Crippen molar-refractivity contribution >= 4 is 17.8 Å². The van der Waals surface area contributed by atoms with E-state index in [0.29, 0.717) is 11.3 Å². The molecule has 0 saturated heterocycles. The molecule has 0 aliphatic carbocycles. The van der Waals surface area contributed by atoms with Crippen molar-refractivity contribution in [1.29, 1.82) is 0 Å².